The lowest BCUT2D eigenvalue weighted by Gasteiger charge is -2.56. The van der Waals surface area contributed by atoms with Crippen LogP contribution in [0.5, 0.6) is 0 Å². The van der Waals surface area contributed by atoms with Crippen LogP contribution in [0.3, 0.4) is 0 Å². The van der Waals surface area contributed by atoms with Gasteiger partial charge in [0.05, 0.1) is 16.6 Å². The minimum atomic E-state index is -1.10. The number of fused-ring (bicyclic) bond motifs is 1. The van der Waals surface area contributed by atoms with Crippen molar-refractivity contribution in [3.05, 3.63) is 39.8 Å². The lowest BCUT2D eigenvalue weighted by Crippen LogP contribution is -2.58. The van der Waals surface area contributed by atoms with E-state index in [2.05, 4.69) is 15.4 Å². The van der Waals surface area contributed by atoms with Crippen molar-refractivity contribution in [2.75, 3.05) is 0 Å². The summed E-state index contributed by atoms with van der Waals surface area (Å²) in [6.45, 7) is 0. The number of carbonyl (C=O) groups is 1. The van der Waals surface area contributed by atoms with Crippen LogP contribution in [0.4, 0.5) is 8.78 Å². The number of hydrogen-bond acceptors (Lipinski definition) is 5. The van der Waals surface area contributed by atoms with E-state index >= 15 is 0 Å². The van der Waals surface area contributed by atoms with Gasteiger partial charge >= 0.3 is 5.97 Å². The minimum Gasteiger partial charge on any atom is -0.365 e. The molecule has 4 bridgehead atoms. The summed E-state index contributed by atoms with van der Waals surface area (Å²) in [6.07, 6.45) is 6.67. The fourth-order valence-corrected chi connectivity index (χ4v) is 5.66. The number of rotatable bonds is 3. The fourth-order valence-electron chi connectivity index (χ4n) is 5.66. The molecule has 0 spiro atoms. The van der Waals surface area contributed by atoms with Gasteiger partial charge in [-0.3, -0.25) is 4.79 Å². The summed E-state index contributed by atoms with van der Waals surface area (Å²) in [7, 11) is 0. The van der Waals surface area contributed by atoms with Gasteiger partial charge in [0.1, 0.15) is 0 Å². The zero-order valence-electron chi connectivity index (χ0n) is 14.6. The van der Waals surface area contributed by atoms with E-state index in [9.17, 15) is 18.4 Å². The molecule has 0 saturated heterocycles. The van der Waals surface area contributed by atoms with Crippen LogP contribution in [0.2, 0.25) is 0 Å². The molecular formula is C19H19F2N3O3. The van der Waals surface area contributed by atoms with Gasteiger partial charge in [-0.15, -0.1) is 5.48 Å². The summed E-state index contributed by atoms with van der Waals surface area (Å²) in [5.41, 5.74) is 1.44. The van der Waals surface area contributed by atoms with Crippen molar-refractivity contribution < 1.29 is 18.4 Å². The van der Waals surface area contributed by atoms with Crippen molar-refractivity contribution in [2.24, 2.45) is 17.8 Å². The molecule has 142 valence electrons. The predicted octanol–water partition coefficient (Wildman–Crippen LogP) is 2.83. The topological polar surface area (TPSA) is 84.1 Å². The molecule has 27 heavy (non-hydrogen) atoms. The normalized spacial score (nSPS) is 31.4. The number of aromatic amines is 1. The summed E-state index contributed by atoms with van der Waals surface area (Å²) in [4.78, 5) is 36.0. The Bertz CT molecular complexity index is 968. The summed E-state index contributed by atoms with van der Waals surface area (Å²) < 4.78 is 26.7. The molecule has 4 fully saturated rings. The molecule has 0 atom stereocenters. The average molecular weight is 375 g/mol. The Labute approximate surface area is 153 Å². The van der Waals surface area contributed by atoms with Crippen LogP contribution in [0, 0.1) is 29.4 Å². The van der Waals surface area contributed by atoms with E-state index in [1.165, 1.54) is 19.3 Å². The molecule has 4 aliphatic rings. The first-order valence-electron chi connectivity index (χ1n) is 9.28. The number of carbonyl (C=O) groups excluding carboxylic acids is 1. The quantitative estimate of drug-likeness (QED) is 0.806. The van der Waals surface area contributed by atoms with E-state index in [0.717, 1.165) is 31.4 Å². The number of nitrogens with one attached hydrogen (secondary N) is 2. The fraction of sp³-hybridized carbons (Fsp3) is 0.526. The number of benzene rings is 1. The molecule has 6 rings (SSSR count). The highest BCUT2D eigenvalue weighted by Crippen LogP contribution is 2.55. The minimum absolute atomic E-state index is 0.0180. The Kier molecular flexibility index (Phi) is 3.62. The van der Waals surface area contributed by atoms with Crippen molar-refractivity contribution in [1.29, 1.82) is 0 Å². The van der Waals surface area contributed by atoms with Gasteiger partial charge in [-0.2, -0.15) is 0 Å². The van der Waals surface area contributed by atoms with Crippen LogP contribution >= 0.6 is 0 Å². The molecule has 1 aromatic heterocycles. The standard InChI is InChI=1S/C19H19F2N3O3/c20-12-4-14-15(5-13(12)21)23-17(25)16(22-14)18(26)27-24-19-6-9-1-10(7-19)3-11(2-9)8-19/h4-5,9-11,24H,1-3,6-8H2,(H,23,25). The maximum absolute atomic E-state index is 13.4. The smallest absolute Gasteiger partial charge is 0.365 e. The second-order valence-corrected chi connectivity index (χ2v) is 8.39. The highest BCUT2D eigenvalue weighted by atomic mass is 19.2. The monoisotopic (exact) mass is 375 g/mol. The van der Waals surface area contributed by atoms with Gasteiger partial charge < -0.3 is 9.82 Å². The number of halogens is 2. The SMILES string of the molecule is O=C(ONC12CC3CC(CC(C3)C1)C2)c1nc2cc(F)c(F)cc2[nH]c1=O. The van der Waals surface area contributed by atoms with Crippen LogP contribution in [0.1, 0.15) is 49.0 Å². The lowest BCUT2D eigenvalue weighted by atomic mass is 9.53. The van der Waals surface area contributed by atoms with Gasteiger partial charge in [-0.25, -0.2) is 18.6 Å². The predicted molar refractivity (Wildman–Crippen MR) is 91.7 cm³/mol. The van der Waals surface area contributed by atoms with Crippen molar-refractivity contribution in [2.45, 2.75) is 44.1 Å². The van der Waals surface area contributed by atoms with Crippen molar-refractivity contribution in [3.8, 4) is 0 Å². The number of hydroxylamine groups is 1. The van der Waals surface area contributed by atoms with Gasteiger partial charge in [-0.1, -0.05) is 0 Å². The van der Waals surface area contributed by atoms with E-state index in [0.29, 0.717) is 17.8 Å². The molecular weight excluding hydrogens is 356 g/mol. The molecule has 0 aliphatic heterocycles. The molecule has 4 aliphatic carbocycles. The molecule has 2 N–H and O–H groups in total. The molecule has 8 heteroatoms. The van der Waals surface area contributed by atoms with E-state index in [1.54, 1.807) is 0 Å². The van der Waals surface area contributed by atoms with Gasteiger partial charge in [0, 0.05) is 12.1 Å². The van der Waals surface area contributed by atoms with Crippen LogP contribution in [0.25, 0.3) is 11.0 Å². The largest absolute Gasteiger partial charge is 0.381 e. The van der Waals surface area contributed by atoms with Gasteiger partial charge in [0.15, 0.2) is 11.6 Å². The Balaban J connectivity index is 1.37. The zero-order valence-corrected chi connectivity index (χ0v) is 14.6. The first-order chi connectivity index (χ1) is 12.9. The summed E-state index contributed by atoms with van der Waals surface area (Å²) in [5.74, 6) is -1.11. The third-order valence-corrected chi connectivity index (χ3v) is 6.33. The van der Waals surface area contributed by atoms with E-state index < -0.39 is 28.9 Å². The van der Waals surface area contributed by atoms with E-state index in [-0.39, 0.29) is 16.6 Å². The van der Waals surface area contributed by atoms with Crippen molar-refractivity contribution in [3.63, 3.8) is 0 Å². The molecule has 1 heterocycles. The summed E-state index contributed by atoms with van der Waals surface area (Å²) in [6, 6.07) is 1.67. The second kappa shape index (κ2) is 5.82. The van der Waals surface area contributed by atoms with E-state index in [1.807, 2.05) is 0 Å². The van der Waals surface area contributed by atoms with Gasteiger partial charge in [0.2, 0.25) is 5.69 Å². The summed E-state index contributed by atoms with van der Waals surface area (Å²) >= 11 is 0. The van der Waals surface area contributed by atoms with Crippen LogP contribution < -0.4 is 11.0 Å². The maximum atomic E-state index is 13.4. The number of hydrogen-bond donors (Lipinski definition) is 2. The molecule has 0 radical (unpaired) electrons. The Hall–Kier alpha value is -2.35. The zero-order chi connectivity index (χ0) is 18.8. The number of aromatic nitrogens is 2. The third kappa shape index (κ3) is 2.82. The van der Waals surface area contributed by atoms with E-state index in [4.69, 9.17) is 4.84 Å². The van der Waals surface area contributed by atoms with Crippen molar-refractivity contribution in [1.82, 2.24) is 15.4 Å². The van der Waals surface area contributed by atoms with Crippen molar-refractivity contribution >= 4 is 17.0 Å². The first-order valence-corrected chi connectivity index (χ1v) is 9.28. The Morgan fingerprint density at radius 2 is 1.70 bits per heavy atom. The highest BCUT2D eigenvalue weighted by molar-refractivity contribution is 5.89. The Morgan fingerprint density at radius 3 is 2.33 bits per heavy atom. The number of H-pyrrole nitrogens is 1. The number of nitrogens with zero attached hydrogens (tertiary/aromatic N) is 1. The first kappa shape index (κ1) is 16.8. The molecule has 0 amide bonds. The Morgan fingerprint density at radius 1 is 1.11 bits per heavy atom. The van der Waals surface area contributed by atoms with Crippen LogP contribution in [-0.2, 0) is 4.84 Å². The molecule has 4 saturated carbocycles. The molecule has 1 aromatic carbocycles. The highest BCUT2D eigenvalue weighted by Gasteiger charge is 2.51. The van der Waals surface area contributed by atoms with Crippen LogP contribution in [-0.4, -0.2) is 21.5 Å². The molecule has 2 aromatic rings. The van der Waals surface area contributed by atoms with Crippen LogP contribution in [0.15, 0.2) is 16.9 Å². The van der Waals surface area contributed by atoms with Gasteiger partial charge in [-0.05, 0) is 56.3 Å². The lowest BCUT2D eigenvalue weighted by molar-refractivity contribution is -0.0883. The second-order valence-electron chi connectivity index (χ2n) is 8.39. The molecule has 6 nitrogen and oxygen atoms in total. The third-order valence-electron chi connectivity index (χ3n) is 6.33. The summed E-state index contributed by atoms with van der Waals surface area (Å²) in [5, 5.41) is 0. The maximum Gasteiger partial charge on any atom is 0.381 e. The molecule has 0 unspecified atom stereocenters. The average Bonchev–Trinajstić information content (AvgIpc) is 2.60. The van der Waals surface area contributed by atoms with Gasteiger partial charge in [0.25, 0.3) is 5.56 Å².